The second-order valence-corrected chi connectivity index (χ2v) is 7.07. The average molecular weight is 283 g/mol. The van der Waals surface area contributed by atoms with Crippen molar-refractivity contribution >= 4 is 10.0 Å². The van der Waals surface area contributed by atoms with E-state index in [2.05, 4.69) is 23.3 Å². The molecule has 1 saturated heterocycles. The predicted molar refractivity (Wildman–Crippen MR) is 75.3 cm³/mol. The summed E-state index contributed by atoms with van der Waals surface area (Å²) in [5, 5.41) is 3.47. The molecule has 2 heterocycles. The molecule has 1 aromatic heterocycles. The Kier molecular flexibility index (Phi) is 4.54. The summed E-state index contributed by atoms with van der Waals surface area (Å²) in [5.74, 6) is 0. The third-order valence-electron chi connectivity index (χ3n) is 3.60. The zero-order valence-electron chi connectivity index (χ0n) is 11.5. The van der Waals surface area contributed by atoms with Gasteiger partial charge < -0.3 is 5.32 Å². The van der Waals surface area contributed by atoms with Crippen LogP contribution in [0.5, 0.6) is 0 Å². The topological polar surface area (TPSA) is 62.3 Å². The lowest BCUT2D eigenvalue weighted by atomic mass is 10.1. The van der Waals surface area contributed by atoms with Crippen LogP contribution in [-0.2, 0) is 16.6 Å². The van der Waals surface area contributed by atoms with Crippen LogP contribution in [0.25, 0.3) is 0 Å². The Balaban J connectivity index is 1.82. The number of hydrogen-bond donors (Lipinski definition) is 1. The minimum atomic E-state index is -3.03. The number of aromatic nitrogens is 1. The molecule has 0 spiro atoms. The highest BCUT2D eigenvalue weighted by Crippen LogP contribution is 2.14. The van der Waals surface area contributed by atoms with Crippen LogP contribution in [0.3, 0.4) is 0 Å². The van der Waals surface area contributed by atoms with Gasteiger partial charge in [-0.2, -0.15) is 0 Å². The largest absolute Gasteiger partial charge is 0.308 e. The van der Waals surface area contributed by atoms with Crippen LogP contribution in [0.15, 0.2) is 18.3 Å². The fourth-order valence-corrected chi connectivity index (χ4v) is 3.21. The molecule has 2 rings (SSSR count). The highest BCUT2D eigenvalue weighted by Gasteiger charge is 2.24. The van der Waals surface area contributed by atoms with Gasteiger partial charge >= 0.3 is 0 Å². The molecule has 1 N–H and O–H groups in total. The average Bonchev–Trinajstić information content (AvgIpc) is 2.37. The van der Waals surface area contributed by atoms with Gasteiger partial charge in [0.1, 0.15) is 0 Å². The first-order valence-electron chi connectivity index (χ1n) is 6.56. The maximum Gasteiger partial charge on any atom is 0.211 e. The second-order valence-electron chi connectivity index (χ2n) is 5.08. The fourth-order valence-electron chi connectivity index (χ4n) is 2.34. The molecule has 1 aliphatic rings. The van der Waals surface area contributed by atoms with E-state index in [4.69, 9.17) is 0 Å². The van der Waals surface area contributed by atoms with Crippen molar-refractivity contribution in [2.24, 2.45) is 0 Å². The van der Waals surface area contributed by atoms with Crippen molar-refractivity contribution in [3.05, 3.63) is 29.6 Å². The van der Waals surface area contributed by atoms with Crippen LogP contribution in [0.2, 0.25) is 0 Å². The lowest BCUT2D eigenvalue weighted by Gasteiger charge is -2.30. The van der Waals surface area contributed by atoms with Gasteiger partial charge in [-0.3, -0.25) is 4.98 Å². The Bertz CT molecular complexity index is 522. The van der Waals surface area contributed by atoms with E-state index in [0.29, 0.717) is 19.1 Å². The van der Waals surface area contributed by atoms with Gasteiger partial charge in [0, 0.05) is 31.9 Å². The number of aryl methyl sites for hydroxylation is 1. The highest BCUT2D eigenvalue weighted by atomic mass is 32.2. The summed E-state index contributed by atoms with van der Waals surface area (Å²) in [6.45, 7) is 4.02. The normalized spacial score (nSPS) is 18.6. The first kappa shape index (κ1) is 14.4. The molecule has 0 radical (unpaired) electrons. The third-order valence-corrected chi connectivity index (χ3v) is 4.90. The zero-order valence-corrected chi connectivity index (χ0v) is 12.3. The molecule has 0 amide bonds. The molecule has 0 atom stereocenters. The Morgan fingerprint density at radius 1 is 1.42 bits per heavy atom. The SMILES string of the molecule is Cc1cccnc1CNC1CCN(S(C)(=O)=O)CC1. The van der Waals surface area contributed by atoms with Crippen molar-refractivity contribution in [2.45, 2.75) is 32.4 Å². The van der Waals surface area contributed by atoms with E-state index in [1.165, 1.54) is 11.8 Å². The zero-order chi connectivity index (χ0) is 13.9. The van der Waals surface area contributed by atoms with E-state index in [0.717, 1.165) is 25.1 Å². The third kappa shape index (κ3) is 3.99. The lowest BCUT2D eigenvalue weighted by Crippen LogP contribution is -2.44. The van der Waals surface area contributed by atoms with Crippen LogP contribution in [0.1, 0.15) is 24.1 Å². The fraction of sp³-hybridized carbons (Fsp3) is 0.615. The number of pyridine rings is 1. The first-order valence-corrected chi connectivity index (χ1v) is 8.40. The Morgan fingerprint density at radius 2 is 2.11 bits per heavy atom. The lowest BCUT2D eigenvalue weighted by molar-refractivity contribution is 0.289. The molecular formula is C13H21N3O2S. The van der Waals surface area contributed by atoms with E-state index in [9.17, 15) is 8.42 Å². The Morgan fingerprint density at radius 3 is 2.68 bits per heavy atom. The molecule has 0 aliphatic carbocycles. The molecule has 1 aliphatic heterocycles. The molecule has 0 bridgehead atoms. The molecule has 5 nitrogen and oxygen atoms in total. The van der Waals surface area contributed by atoms with Crippen molar-refractivity contribution in [3.8, 4) is 0 Å². The van der Waals surface area contributed by atoms with Crippen LogP contribution >= 0.6 is 0 Å². The monoisotopic (exact) mass is 283 g/mol. The van der Waals surface area contributed by atoms with Gasteiger partial charge in [-0.25, -0.2) is 12.7 Å². The van der Waals surface area contributed by atoms with Crippen molar-refractivity contribution in [1.29, 1.82) is 0 Å². The second kappa shape index (κ2) is 5.98. The summed E-state index contributed by atoms with van der Waals surface area (Å²) >= 11 is 0. The van der Waals surface area contributed by atoms with E-state index >= 15 is 0 Å². The Hall–Kier alpha value is -0.980. The summed E-state index contributed by atoms with van der Waals surface area (Å²) in [7, 11) is -3.03. The van der Waals surface area contributed by atoms with Crippen LogP contribution in [0, 0.1) is 6.92 Å². The number of rotatable bonds is 4. The van der Waals surface area contributed by atoms with E-state index < -0.39 is 10.0 Å². The Labute approximate surface area is 115 Å². The minimum absolute atomic E-state index is 0.374. The van der Waals surface area contributed by atoms with Crippen molar-refractivity contribution < 1.29 is 8.42 Å². The standard InChI is InChI=1S/C13H21N3O2S/c1-11-4-3-7-14-13(11)10-15-12-5-8-16(9-6-12)19(2,17)18/h3-4,7,12,15H,5-6,8-10H2,1-2H3. The van der Waals surface area contributed by atoms with E-state index in [-0.39, 0.29) is 0 Å². The van der Waals surface area contributed by atoms with Crippen molar-refractivity contribution in [2.75, 3.05) is 19.3 Å². The van der Waals surface area contributed by atoms with Gasteiger partial charge in [0.2, 0.25) is 10.0 Å². The van der Waals surface area contributed by atoms with Gasteiger partial charge in [-0.15, -0.1) is 0 Å². The quantitative estimate of drug-likeness (QED) is 0.892. The van der Waals surface area contributed by atoms with Gasteiger partial charge in [0.25, 0.3) is 0 Å². The number of sulfonamides is 1. The maximum atomic E-state index is 11.4. The summed E-state index contributed by atoms with van der Waals surface area (Å²) in [6, 6.07) is 4.36. The smallest absolute Gasteiger partial charge is 0.211 e. The van der Waals surface area contributed by atoms with Crippen molar-refractivity contribution in [1.82, 2.24) is 14.6 Å². The molecule has 0 aromatic carbocycles. The molecule has 1 aromatic rings. The van der Waals surface area contributed by atoms with Gasteiger partial charge in [0.05, 0.1) is 11.9 Å². The number of nitrogens with zero attached hydrogens (tertiary/aromatic N) is 2. The first-order chi connectivity index (χ1) is 8.97. The summed E-state index contributed by atoms with van der Waals surface area (Å²) in [5.41, 5.74) is 2.25. The van der Waals surface area contributed by atoms with Crippen LogP contribution in [-0.4, -0.2) is 43.1 Å². The van der Waals surface area contributed by atoms with Gasteiger partial charge in [-0.05, 0) is 31.4 Å². The molecule has 0 saturated carbocycles. The summed E-state index contributed by atoms with van der Waals surface area (Å²) in [4.78, 5) is 4.35. The number of piperidine rings is 1. The summed E-state index contributed by atoms with van der Waals surface area (Å²) in [6.07, 6.45) is 4.80. The molecule has 0 unspecified atom stereocenters. The highest BCUT2D eigenvalue weighted by molar-refractivity contribution is 7.88. The predicted octanol–water partition coefficient (Wildman–Crippen LogP) is 0.904. The maximum absolute atomic E-state index is 11.4. The van der Waals surface area contributed by atoms with Gasteiger partial charge in [0.15, 0.2) is 0 Å². The number of nitrogens with one attached hydrogen (secondary N) is 1. The van der Waals surface area contributed by atoms with E-state index in [1.54, 1.807) is 10.5 Å². The van der Waals surface area contributed by atoms with Crippen molar-refractivity contribution in [3.63, 3.8) is 0 Å². The number of hydrogen-bond acceptors (Lipinski definition) is 4. The van der Waals surface area contributed by atoms with Crippen LogP contribution < -0.4 is 5.32 Å². The summed E-state index contributed by atoms with van der Waals surface area (Å²) < 4.78 is 24.4. The minimum Gasteiger partial charge on any atom is -0.308 e. The molecule has 106 valence electrons. The van der Waals surface area contributed by atoms with Gasteiger partial charge in [-0.1, -0.05) is 6.07 Å². The van der Waals surface area contributed by atoms with E-state index in [1.807, 2.05) is 6.07 Å². The molecular weight excluding hydrogens is 262 g/mol. The molecule has 1 fully saturated rings. The van der Waals surface area contributed by atoms with Crippen LogP contribution in [0.4, 0.5) is 0 Å². The molecule has 19 heavy (non-hydrogen) atoms. The molecule has 6 heteroatoms.